The van der Waals surface area contributed by atoms with E-state index in [9.17, 15) is 14.4 Å². The van der Waals surface area contributed by atoms with Gasteiger partial charge in [0.15, 0.2) is 0 Å². The van der Waals surface area contributed by atoms with E-state index in [4.69, 9.17) is 4.74 Å². The van der Waals surface area contributed by atoms with Crippen LogP contribution in [0.1, 0.15) is 26.6 Å². The summed E-state index contributed by atoms with van der Waals surface area (Å²) in [4.78, 5) is 49.4. The van der Waals surface area contributed by atoms with Gasteiger partial charge in [0.25, 0.3) is 11.8 Å². The predicted octanol–water partition coefficient (Wildman–Crippen LogP) is 0.701. The van der Waals surface area contributed by atoms with Crippen molar-refractivity contribution in [2.45, 2.75) is 6.42 Å². The molecule has 3 amide bonds. The van der Waals surface area contributed by atoms with Gasteiger partial charge in [0.2, 0.25) is 5.91 Å². The average Bonchev–Trinajstić information content (AvgIpc) is 3.25. The Labute approximate surface area is 184 Å². The first-order valence-electron chi connectivity index (χ1n) is 10.0. The van der Waals surface area contributed by atoms with Gasteiger partial charge in [0.1, 0.15) is 10.6 Å². The lowest BCUT2D eigenvalue weighted by Gasteiger charge is -2.34. The maximum Gasteiger partial charge on any atom is 0.275 e. The van der Waals surface area contributed by atoms with Crippen LogP contribution in [0.4, 0.5) is 5.69 Å². The molecule has 3 heterocycles. The van der Waals surface area contributed by atoms with Crippen LogP contribution >= 0.6 is 11.3 Å². The Morgan fingerprint density at radius 2 is 2.00 bits per heavy atom. The van der Waals surface area contributed by atoms with Crippen molar-refractivity contribution in [3.05, 3.63) is 40.6 Å². The summed E-state index contributed by atoms with van der Waals surface area (Å²) in [6.07, 6.45) is 5.08. The number of hydrogen-bond donors (Lipinski definition) is 2. The van der Waals surface area contributed by atoms with Crippen LogP contribution in [0, 0.1) is 0 Å². The monoisotopic (exact) mass is 446 g/mol. The lowest BCUT2D eigenvalue weighted by atomic mass is 10.2. The fraction of sp³-hybridized carbons (Fsp3) is 0.450. The van der Waals surface area contributed by atoms with E-state index in [1.807, 2.05) is 4.90 Å². The molecule has 1 aliphatic heterocycles. The van der Waals surface area contributed by atoms with Crippen LogP contribution in [0.5, 0.6) is 0 Å². The highest BCUT2D eigenvalue weighted by Crippen LogP contribution is 2.25. The van der Waals surface area contributed by atoms with E-state index < -0.39 is 5.91 Å². The molecule has 1 saturated heterocycles. The molecule has 0 unspecified atom stereocenters. The molecular weight excluding hydrogens is 420 g/mol. The quantitative estimate of drug-likeness (QED) is 0.545. The van der Waals surface area contributed by atoms with E-state index in [-0.39, 0.29) is 17.5 Å². The number of nitrogens with zero attached hydrogens (tertiary/aromatic N) is 4. The summed E-state index contributed by atoms with van der Waals surface area (Å²) < 4.78 is 4.96. The topological polar surface area (TPSA) is 117 Å². The molecule has 0 aromatic carbocycles. The Morgan fingerprint density at radius 1 is 1.19 bits per heavy atom. The molecule has 2 aromatic rings. The van der Waals surface area contributed by atoms with Gasteiger partial charge in [-0.25, -0.2) is 4.98 Å². The number of anilines is 1. The van der Waals surface area contributed by atoms with Gasteiger partial charge in [-0.2, -0.15) is 0 Å². The van der Waals surface area contributed by atoms with Crippen molar-refractivity contribution < 1.29 is 19.1 Å². The highest BCUT2D eigenvalue weighted by Gasteiger charge is 2.26. The Bertz CT molecular complexity index is 883. The van der Waals surface area contributed by atoms with Crippen LogP contribution in [0.2, 0.25) is 0 Å². The smallest absolute Gasteiger partial charge is 0.275 e. The van der Waals surface area contributed by atoms with Crippen molar-refractivity contribution in [1.29, 1.82) is 0 Å². The van der Waals surface area contributed by atoms with Crippen LogP contribution in [-0.4, -0.2) is 90.5 Å². The number of rotatable bonds is 9. The molecule has 31 heavy (non-hydrogen) atoms. The minimum Gasteiger partial charge on any atom is -0.385 e. The van der Waals surface area contributed by atoms with E-state index in [1.165, 1.54) is 29.9 Å². The van der Waals surface area contributed by atoms with E-state index in [0.29, 0.717) is 56.4 Å². The molecule has 1 aliphatic rings. The van der Waals surface area contributed by atoms with Crippen molar-refractivity contribution >= 4 is 34.7 Å². The molecule has 0 bridgehead atoms. The first-order chi connectivity index (χ1) is 15.1. The molecule has 11 heteroatoms. The normalized spacial score (nSPS) is 14.3. The zero-order chi connectivity index (χ0) is 22.1. The molecule has 0 atom stereocenters. The number of piperazine rings is 1. The summed E-state index contributed by atoms with van der Waals surface area (Å²) in [7, 11) is 1.63. The zero-order valence-corrected chi connectivity index (χ0v) is 18.2. The number of thiophene rings is 1. The van der Waals surface area contributed by atoms with Crippen molar-refractivity contribution in [1.82, 2.24) is 25.1 Å². The van der Waals surface area contributed by atoms with Crippen LogP contribution < -0.4 is 10.6 Å². The first kappa shape index (κ1) is 22.8. The summed E-state index contributed by atoms with van der Waals surface area (Å²) in [5.74, 6) is -0.571. The van der Waals surface area contributed by atoms with Crippen LogP contribution in [0.3, 0.4) is 0 Å². The van der Waals surface area contributed by atoms with Crippen LogP contribution in [0.25, 0.3) is 0 Å². The summed E-state index contributed by atoms with van der Waals surface area (Å²) in [6.45, 7) is 3.79. The number of aromatic nitrogens is 2. The second kappa shape index (κ2) is 11.5. The highest BCUT2D eigenvalue weighted by molar-refractivity contribution is 7.12. The van der Waals surface area contributed by atoms with E-state index >= 15 is 0 Å². The maximum atomic E-state index is 13.0. The van der Waals surface area contributed by atoms with Gasteiger partial charge in [0.05, 0.1) is 18.4 Å². The summed E-state index contributed by atoms with van der Waals surface area (Å²) in [5.41, 5.74) is 0.643. The number of carbonyl (C=O) groups is 3. The second-order valence-corrected chi connectivity index (χ2v) is 7.89. The molecule has 0 aliphatic carbocycles. The summed E-state index contributed by atoms with van der Waals surface area (Å²) >= 11 is 1.28. The van der Waals surface area contributed by atoms with Crippen molar-refractivity contribution in [3.8, 4) is 0 Å². The van der Waals surface area contributed by atoms with Gasteiger partial charge in [-0.3, -0.25) is 24.3 Å². The number of methoxy groups -OCH3 is 1. The second-order valence-electron chi connectivity index (χ2n) is 6.97. The molecule has 3 rings (SSSR count). The molecule has 0 spiro atoms. The third-order valence-corrected chi connectivity index (χ3v) is 5.68. The third-order valence-electron chi connectivity index (χ3n) is 4.78. The highest BCUT2D eigenvalue weighted by atomic mass is 32.1. The Morgan fingerprint density at radius 3 is 2.71 bits per heavy atom. The molecule has 0 saturated carbocycles. The molecular formula is C20H26N6O4S. The Kier molecular flexibility index (Phi) is 8.44. The van der Waals surface area contributed by atoms with Gasteiger partial charge in [0, 0.05) is 58.8 Å². The van der Waals surface area contributed by atoms with Gasteiger partial charge < -0.3 is 20.3 Å². The van der Waals surface area contributed by atoms with Gasteiger partial charge >= 0.3 is 0 Å². The lowest BCUT2D eigenvalue weighted by molar-refractivity contribution is -0.122. The maximum absolute atomic E-state index is 13.0. The number of carbonyl (C=O) groups excluding carboxylic acids is 3. The molecule has 1 fully saturated rings. The van der Waals surface area contributed by atoms with Crippen LogP contribution in [0.15, 0.2) is 30.0 Å². The Hall–Kier alpha value is -2.89. The Balaban J connectivity index is 1.48. The van der Waals surface area contributed by atoms with Gasteiger partial charge in [-0.15, -0.1) is 11.3 Å². The largest absolute Gasteiger partial charge is 0.385 e. The summed E-state index contributed by atoms with van der Waals surface area (Å²) in [5, 5.41) is 7.38. The number of amides is 3. The number of nitrogens with one attached hydrogen (secondary N) is 2. The van der Waals surface area contributed by atoms with E-state index in [1.54, 1.807) is 23.5 Å². The zero-order valence-electron chi connectivity index (χ0n) is 17.4. The minimum atomic E-state index is -0.415. The molecule has 0 radical (unpaired) electrons. The molecule has 10 nitrogen and oxygen atoms in total. The SMILES string of the molecule is COCCCNC(=O)CN1CCN(C(=O)c2sccc2NC(=O)c2cnccn2)CC1. The van der Waals surface area contributed by atoms with Gasteiger partial charge in [-0.1, -0.05) is 0 Å². The number of hydrogen-bond acceptors (Lipinski definition) is 8. The standard InChI is InChI=1S/C20H26N6O4S/c1-30-11-2-4-23-17(27)14-25-7-9-26(10-8-25)20(29)18-15(3-12-31-18)24-19(28)16-13-21-5-6-22-16/h3,5-6,12-13H,2,4,7-11,14H2,1H3,(H,23,27)(H,24,28). The average molecular weight is 447 g/mol. The lowest BCUT2D eigenvalue weighted by Crippen LogP contribution is -2.51. The van der Waals surface area contributed by atoms with Gasteiger partial charge in [-0.05, 0) is 17.9 Å². The minimum absolute atomic E-state index is 0.0249. The summed E-state index contributed by atoms with van der Waals surface area (Å²) in [6, 6.07) is 1.70. The number of ether oxygens (including phenoxy) is 1. The van der Waals surface area contributed by atoms with Crippen molar-refractivity contribution in [2.75, 3.05) is 58.3 Å². The molecule has 166 valence electrons. The predicted molar refractivity (Wildman–Crippen MR) is 116 cm³/mol. The third kappa shape index (κ3) is 6.54. The first-order valence-corrected chi connectivity index (χ1v) is 10.9. The fourth-order valence-electron chi connectivity index (χ4n) is 3.13. The molecule has 2 N–H and O–H groups in total. The fourth-order valence-corrected chi connectivity index (χ4v) is 3.95. The molecule has 2 aromatic heterocycles. The van der Waals surface area contributed by atoms with Crippen molar-refractivity contribution in [3.63, 3.8) is 0 Å². The van der Waals surface area contributed by atoms with E-state index in [2.05, 4.69) is 20.6 Å². The van der Waals surface area contributed by atoms with Crippen LogP contribution in [-0.2, 0) is 9.53 Å². The van der Waals surface area contributed by atoms with Crippen molar-refractivity contribution in [2.24, 2.45) is 0 Å². The van der Waals surface area contributed by atoms with E-state index in [0.717, 1.165) is 6.42 Å².